The minimum Gasteiger partial charge on any atom is -0.507 e. The van der Waals surface area contributed by atoms with E-state index < -0.39 is 23.5 Å². The van der Waals surface area contributed by atoms with Gasteiger partial charge in [0.05, 0.1) is 18.7 Å². The van der Waals surface area contributed by atoms with Crippen LogP contribution in [-0.4, -0.2) is 60.9 Å². The number of hydrogen-bond acceptors (Lipinski definition) is 5. The summed E-state index contributed by atoms with van der Waals surface area (Å²) in [6.45, 7) is 7.13. The van der Waals surface area contributed by atoms with Gasteiger partial charge in [-0.05, 0) is 68.4 Å². The largest absolute Gasteiger partial charge is 0.507 e. The second-order valence-electron chi connectivity index (χ2n) is 9.87. The molecule has 3 rings (SSSR count). The van der Waals surface area contributed by atoms with E-state index in [0.717, 1.165) is 12.1 Å². The fourth-order valence-electron chi connectivity index (χ4n) is 4.26. The molecule has 1 unspecified atom stereocenters. The standard InChI is InChI=1S/C27H33FN2O4/c1-27(2,3)20-16-18(10-13-21(20)34-6)24(31)22-23(17-8-11-19(28)12-9-17)30(26(33)25(22)32)15-7-14-29(4)5/h8-13,16,23,31H,7,14-15H2,1-6H3/b24-22-. The molecule has 0 aliphatic carbocycles. The zero-order chi connectivity index (χ0) is 25.2. The lowest BCUT2D eigenvalue weighted by Crippen LogP contribution is -2.32. The first-order valence-corrected chi connectivity index (χ1v) is 11.3. The number of methoxy groups -OCH3 is 1. The number of aliphatic hydroxyl groups is 1. The van der Waals surface area contributed by atoms with Gasteiger partial charge in [-0.2, -0.15) is 0 Å². The van der Waals surface area contributed by atoms with Crippen molar-refractivity contribution in [2.45, 2.75) is 38.6 Å². The van der Waals surface area contributed by atoms with E-state index in [1.165, 1.54) is 17.0 Å². The summed E-state index contributed by atoms with van der Waals surface area (Å²) in [6.07, 6.45) is 0.647. The van der Waals surface area contributed by atoms with Gasteiger partial charge in [-0.25, -0.2) is 4.39 Å². The van der Waals surface area contributed by atoms with E-state index in [1.807, 2.05) is 39.8 Å². The molecule has 1 N–H and O–H groups in total. The van der Waals surface area contributed by atoms with Crippen LogP contribution >= 0.6 is 0 Å². The highest BCUT2D eigenvalue weighted by atomic mass is 19.1. The molecule has 1 saturated heterocycles. The lowest BCUT2D eigenvalue weighted by molar-refractivity contribution is -0.139. The predicted octanol–water partition coefficient (Wildman–Crippen LogP) is 4.51. The highest BCUT2D eigenvalue weighted by molar-refractivity contribution is 6.46. The zero-order valence-corrected chi connectivity index (χ0v) is 20.7. The van der Waals surface area contributed by atoms with E-state index in [0.29, 0.717) is 29.8 Å². The van der Waals surface area contributed by atoms with Crippen molar-refractivity contribution in [3.63, 3.8) is 0 Å². The Labute approximate surface area is 200 Å². The van der Waals surface area contributed by atoms with E-state index in [2.05, 4.69) is 0 Å². The van der Waals surface area contributed by atoms with E-state index in [1.54, 1.807) is 37.4 Å². The molecule has 6 nitrogen and oxygen atoms in total. The van der Waals surface area contributed by atoms with Crippen molar-refractivity contribution in [3.05, 3.63) is 70.5 Å². The third-order valence-electron chi connectivity index (χ3n) is 6.01. The Balaban J connectivity index is 2.15. The second-order valence-corrected chi connectivity index (χ2v) is 9.87. The molecule has 34 heavy (non-hydrogen) atoms. The predicted molar refractivity (Wildman–Crippen MR) is 130 cm³/mol. The molecule has 1 aliphatic rings. The van der Waals surface area contributed by atoms with Crippen LogP contribution in [0.2, 0.25) is 0 Å². The number of Topliss-reactive ketones (excluding diaryl/α,β-unsaturated/α-hetero) is 1. The van der Waals surface area contributed by atoms with Crippen molar-refractivity contribution in [2.24, 2.45) is 0 Å². The van der Waals surface area contributed by atoms with Crippen molar-refractivity contribution in [1.29, 1.82) is 0 Å². The maximum atomic E-state index is 13.6. The molecule has 1 aliphatic heterocycles. The molecule has 0 spiro atoms. The molecule has 1 amide bonds. The Kier molecular flexibility index (Phi) is 7.46. The van der Waals surface area contributed by atoms with Crippen LogP contribution in [0.5, 0.6) is 5.75 Å². The van der Waals surface area contributed by atoms with E-state index >= 15 is 0 Å². The third kappa shape index (κ3) is 5.14. The normalized spacial score (nSPS) is 18.1. The fraction of sp³-hybridized carbons (Fsp3) is 0.407. The van der Waals surface area contributed by atoms with Crippen LogP contribution in [0.25, 0.3) is 5.76 Å². The second kappa shape index (κ2) is 9.97. The highest BCUT2D eigenvalue weighted by Gasteiger charge is 2.45. The van der Waals surface area contributed by atoms with Gasteiger partial charge in [-0.15, -0.1) is 0 Å². The number of amides is 1. The molecular weight excluding hydrogens is 435 g/mol. The molecular formula is C27H33FN2O4. The molecule has 0 aromatic heterocycles. The van der Waals surface area contributed by atoms with Crippen LogP contribution in [0.1, 0.15) is 49.9 Å². The Hall–Kier alpha value is -3.19. The van der Waals surface area contributed by atoms with E-state index in [4.69, 9.17) is 4.74 Å². The first-order chi connectivity index (χ1) is 16.0. The number of benzene rings is 2. The van der Waals surface area contributed by atoms with Gasteiger partial charge in [0, 0.05) is 17.7 Å². The minimum absolute atomic E-state index is 0.00601. The van der Waals surface area contributed by atoms with Gasteiger partial charge >= 0.3 is 0 Å². The molecule has 0 saturated carbocycles. The number of nitrogens with zero attached hydrogens (tertiary/aromatic N) is 2. The number of likely N-dealkylation sites (tertiary alicyclic amines) is 1. The third-order valence-corrected chi connectivity index (χ3v) is 6.01. The number of ketones is 1. The maximum Gasteiger partial charge on any atom is 0.295 e. The first-order valence-electron chi connectivity index (χ1n) is 11.3. The van der Waals surface area contributed by atoms with Gasteiger partial charge in [0.25, 0.3) is 11.7 Å². The van der Waals surface area contributed by atoms with Crippen LogP contribution in [0.3, 0.4) is 0 Å². The van der Waals surface area contributed by atoms with Crippen LogP contribution in [0, 0.1) is 5.82 Å². The quantitative estimate of drug-likeness (QED) is 0.368. The molecule has 2 aromatic rings. The summed E-state index contributed by atoms with van der Waals surface area (Å²) in [5, 5.41) is 11.3. The van der Waals surface area contributed by atoms with Crippen LogP contribution in [0.15, 0.2) is 48.0 Å². The number of ether oxygens (including phenoxy) is 1. The number of hydrogen-bond donors (Lipinski definition) is 1. The Morgan fingerprint density at radius 2 is 1.76 bits per heavy atom. The average Bonchev–Trinajstić information content (AvgIpc) is 3.03. The Morgan fingerprint density at radius 1 is 1.12 bits per heavy atom. The summed E-state index contributed by atoms with van der Waals surface area (Å²) in [7, 11) is 5.45. The lowest BCUT2D eigenvalue weighted by atomic mass is 9.84. The maximum absolute atomic E-state index is 13.6. The monoisotopic (exact) mass is 468 g/mol. The topological polar surface area (TPSA) is 70.1 Å². The highest BCUT2D eigenvalue weighted by Crippen LogP contribution is 2.41. The minimum atomic E-state index is -0.803. The number of aliphatic hydroxyl groups excluding tert-OH is 1. The van der Waals surface area contributed by atoms with Gasteiger partial charge in [0.2, 0.25) is 0 Å². The average molecular weight is 469 g/mol. The van der Waals surface area contributed by atoms with Crippen molar-refractivity contribution in [3.8, 4) is 5.75 Å². The van der Waals surface area contributed by atoms with Crippen molar-refractivity contribution < 1.29 is 23.8 Å². The molecule has 7 heteroatoms. The van der Waals surface area contributed by atoms with E-state index in [-0.39, 0.29) is 16.7 Å². The number of carbonyl (C=O) groups excluding carboxylic acids is 2. The smallest absolute Gasteiger partial charge is 0.295 e. The van der Waals surface area contributed by atoms with Crippen molar-refractivity contribution >= 4 is 17.4 Å². The summed E-state index contributed by atoms with van der Waals surface area (Å²) in [5.74, 6) is -1.42. The zero-order valence-electron chi connectivity index (χ0n) is 20.7. The van der Waals surface area contributed by atoms with Gasteiger partial charge in [0.15, 0.2) is 0 Å². The molecule has 182 valence electrons. The lowest BCUT2D eigenvalue weighted by Gasteiger charge is -2.26. The fourth-order valence-corrected chi connectivity index (χ4v) is 4.26. The number of carbonyl (C=O) groups is 2. The van der Waals surface area contributed by atoms with Gasteiger partial charge in [0.1, 0.15) is 17.3 Å². The Bertz CT molecular complexity index is 1100. The number of halogens is 1. The molecule has 0 bridgehead atoms. The van der Waals surface area contributed by atoms with Crippen LogP contribution in [-0.2, 0) is 15.0 Å². The summed E-state index contributed by atoms with van der Waals surface area (Å²) < 4.78 is 19.1. The van der Waals surface area contributed by atoms with Gasteiger partial charge < -0.3 is 19.6 Å². The SMILES string of the molecule is COc1ccc(/C(O)=C2/C(=O)C(=O)N(CCCN(C)C)C2c2ccc(F)cc2)cc1C(C)(C)C. The molecule has 1 heterocycles. The molecule has 1 fully saturated rings. The summed E-state index contributed by atoms with van der Waals surface area (Å²) in [4.78, 5) is 29.7. The van der Waals surface area contributed by atoms with Gasteiger partial charge in [-0.3, -0.25) is 9.59 Å². The summed E-state index contributed by atoms with van der Waals surface area (Å²) >= 11 is 0. The first kappa shape index (κ1) is 25.4. The van der Waals surface area contributed by atoms with Crippen LogP contribution in [0.4, 0.5) is 4.39 Å². The van der Waals surface area contributed by atoms with Crippen LogP contribution < -0.4 is 4.74 Å². The molecule has 1 atom stereocenters. The summed E-state index contributed by atoms with van der Waals surface area (Å²) in [5.41, 5.74) is 1.57. The van der Waals surface area contributed by atoms with Gasteiger partial charge in [-0.1, -0.05) is 32.9 Å². The number of rotatable bonds is 7. The summed E-state index contributed by atoms with van der Waals surface area (Å²) in [6, 6.07) is 10.1. The van der Waals surface area contributed by atoms with E-state index in [9.17, 15) is 19.1 Å². The molecule has 0 radical (unpaired) electrons. The van der Waals surface area contributed by atoms with Crippen molar-refractivity contribution in [2.75, 3.05) is 34.3 Å². The van der Waals surface area contributed by atoms with Crippen molar-refractivity contribution in [1.82, 2.24) is 9.80 Å². The molecule has 2 aromatic carbocycles. The Morgan fingerprint density at radius 3 is 2.32 bits per heavy atom.